The lowest BCUT2D eigenvalue weighted by atomic mass is 10.0. The Balaban J connectivity index is 4.01. The number of aliphatic carboxylic acids is 1. The molecule has 0 rings (SSSR count). The first kappa shape index (κ1) is 82.8. The highest BCUT2D eigenvalue weighted by molar-refractivity contribution is 5.70. The molecule has 0 aromatic heterocycles. The van der Waals surface area contributed by atoms with Crippen molar-refractivity contribution >= 4 is 17.9 Å². The number of nitrogens with zero attached hydrogens (tertiary/aromatic N) is 1. The molecular formula is C76H145NO8. The zero-order valence-electron chi connectivity index (χ0n) is 57.5. The van der Waals surface area contributed by atoms with E-state index < -0.39 is 24.3 Å². The number of likely N-dealkylation sites (N-methyl/N-ethyl adjacent to an activating group) is 1. The average molecular weight is 1200 g/mol. The van der Waals surface area contributed by atoms with Crippen molar-refractivity contribution in [2.45, 2.75) is 399 Å². The van der Waals surface area contributed by atoms with Crippen LogP contribution in [0, 0.1) is 0 Å². The van der Waals surface area contributed by atoms with E-state index in [2.05, 4.69) is 38.2 Å². The molecule has 0 saturated carbocycles. The van der Waals surface area contributed by atoms with E-state index in [1.807, 2.05) is 21.1 Å². The summed E-state index contributed by atoms with van der Waals surface area (Å²) in [6.07, 6.45) is 81.4. The highest BCUT2D eigenvalue weighted by Gasteiger charge is 2.22. The zero-order valence-corrected chi connectivity index (χ0v) is 57.5. The van der Waals surface area contributed by atoms with E-state index in [0.717, 1.165) is 44.9 Å². The third kappa shape index (κ3) is 69.1. The van der Waals surface area contributed by atoms with Gasteiger partial charge in [-0.3, -0.25) is 9.59 Å². The minimum absolute atomic E-state index is 0.151. The fraction of sp³-hybridized carbons (Fsp3) is 0.908. The zero-order chi connectivity index (χ0) is 61.9. The van der Waals surface area contributed by atoms with Crippen molar-refractivity contribution in [2.24, 2.45) is 0 Å². The summed E-state index contributed by atoms with van der Waals surface area (Å²) in [4.78, 5) is 37.5. The third-order valence-electron chi connectivity index (χ3n) is 17.2. The SMILES string of the molecule is CCCCCCC/C=C\C/C=C\CCCCCCCCCCCCCCCCCCCC(=O)OC(COC(=O)CCCCCCCCCCCCCCCCCCCCCCCCCCCCCCCCC)COC(OCC[N+](C)(C)C)C(=O)[O-]. The van der Waals surface area contributed by atoms with Gasteiger partial charge in [0.25, 0.3) is 0 Å². The Morgan fingerprint density at radius 2 is 0.635 bits per heavy atom. The molecule has 0 radical (unpaired) electrons. The predicted octanol–water partition coefficient (Wildman–Crippen LogP) is 22.0. The van der Waals surface area contributed by atoms with Crippen LogP contribution in [0.3, 0.4) is 0 Å². The molecule has 0 aromatic rings. The third-order valence-corrected chi connectivity index (χ3v) is 17.2. The van der Waals surface area contributed by atoms with Gasteiger partial charge in [-0.1, -0.05) is 353 Å². The molecular weight excluding hydrogens is 1050 g/mol. The Hall–Kier alpha value is -2.23. The van der Waals surface area contributed by atoms with E-state index in [4.69, 9.17) is 18.9 Å². The number of carboxylic acid groups (broad SMARTS) is 1. The van der Waals surface area contributed by atoms with Crippen molar-refractivity contribution in [3.05, 3.63) is 24.3 Å². The molecule has 0 fully saturated rings. The fourth-order valence-electron chi connectivity index (χ4n) is 11.5. The molecule has 0 aliphatic rings. The molecule has 0 saturated heterocycles. The van der Waals surface area contributed by atoms with Crippen molar-refractivity contribution in [3.63, 3.8) is 0 Å². The van der Waals surface area contributed by atoms with Crippen LogP contribution in [-0.2, 0) is 33.3 Å². The van der Waals surface area contributed by atoms with Crippen LogP contribution in [0.15, 0.2) is 24.3 Å². The molecule has 0 heterocycles. The molecule has 9 heteroatoms. The Morgan fingerprint density at radius 1 is 0.353 bits per heavy atom. The lowest BCUT2D eigenvalue weighted by molar-refractivity contribution is -0.870. The summed E-state index contributed by atoms with van der Waals surface area (Å²) >= 11 is 0. The molecule has 2 atom stereocenters. The van der Waals surface area contributed by atoms with E-state index in [-0.39, 0.29) is 32.2 Å². The number of hydrogen-bond donors (Lipinski definition) is 0. The summed E-state index contributed by atoms with van der Waals surface area (Å²) in [6, 6.07) is 0. The normalized spacial score (nSPS) is 12.7. The molecule has 9 nitrogen and oxygen atoms in total. The minimum Gasteiger partial charge on any atom is -0.545 e. The number of esters is 2. The van der Waals surface area contributed by atoms with E-state index >= 15 is 0 Å². The number of hydrogen-bond acceptors (Lipinski definition) is 8. The minimum atomic E-state index is -1.62. The van der Waals surface area contributed by atoms with Gasteiger partial charge in [0.1, 0.15) is 13.2 Å². The Kier molecular flexibility index (Phi) is 65.9. The lowest BCUT2D eigenvalue weighted by Gasteiger charge is -2.26. The molecule has 0 bridgehead atoms. The smallest absolute Gasteiger partial charge is 0.306 e. The van der Waals surface area contributed by atoms with Gasteiger partial charge in [-0.2, -0.15) is 0 Å². The quantitative estimate of drug-likeness (QED) is 0.0195. The summed E-state index contributed by atoms with van der Waals surface area (Å²) in [5.41, 5.74) is 0. The number of carboxylic acids is 1. The summed E-state index contributed by atoms with van der Waals surface area (Å²) in [5.74, 6) is -2.25. The number of quaternary nitrogens is 1. The molecule has 0 amide bonds. The summed E-state index contributed by atoms with van der Waals surface area (Å²) in [7, 11) is 5.95. The van der Waals surface area contributed by atoms with Crippen molar-refractivity contribution in [3.8, 4) is 0 Å². The van der Waals surface area contributed by atoms with Gasteiger partial charge >= 0.3 is 11.9 Å². The first-order valence-electron chi connectivity index (χ1n) is 37.5. The van der Waals surface area contributed by atoms with Crippen molar-refractivity contribution in [2.75, 3.05) is 47.5 Å². The molecule has 0 aromatic carbocycles. The van der Waals surface area contributed by atoms with Gasteiger partial charge in [0.2, 0.25) is 0 Å². The van der Waals surface area contributed by atoms with Crippen LogP contribution in [0.4, 0.5) is 0 Å². The van der Waals surface area contributed by atoms with Crippen LogP contribution >= 0.6 is 0 Å². The largest absolute Gasteiger partial charge is 0.545 e. The molecule has 0 aliphatic heterocycles. The highest BCUT2D eigenvalue weighted by Crippen LogP contribution is 2.19. The van der Waals surface area contributed by atoms with Crippen LogP contribution < -0.4 is 5.11 Å². The van der Waals surface area contributed by atoms with E-state index in [0.29, 0.717) is 17.4 Å². The number of allylic oxidation sites excluding steroid dienone is 4. The van der Waals surface area contributed by atoms with Crippen LogP contribution in [0.25, 0.3) is 0 Å². The highest BCUT2D eigenvalue weighted by atomic mass is 16.7. The molecule has 2 unspecified atom stereocenters. The second-order valence-electron chi connectivity index (χ2n) is 27.0. The fourth-order valence-corrected chi connectivity index (χ4v) is 11.5. The van der Waals surface area contributed by atoms with Gasteiger partial charge in [0.15, 0.2) is 12.4 Å². The first-order valence-corrected chi connectivity index (χ1v) is 37.5. The first-order chi connectivity index (χ1) is 41.6. The number of ether oxygens (including phenoxy) is 4. The van der Waals surface area contributed by atoms with Gasteiger partial charge in [-0.05, 0) is 44.9 Å². The monoisotopic (exact) mass is 1200 g/mol. The summed E-state index contributed by atoms with van der Waals surface area (Å²) in [6.45, 7) is 4.82. The Bertz CT molecular complexity index is 1440. The molecule has 0 aliphatic carbocycles. The van der Waals surface area contributed by atoms with E-state index in [1.165, 1.54) is 315 Å². The number of carbonyl (C=O) groups excluding carboxylic acids is 3. The van der Waals surface area contributed by atoms with Gasteiger partial charge in [-0.25, -0.2) is 0 Å². The number of carbonyl (C=O) groups is 3. The number of unbranched alkanes of at least 4 members (excludes halogenated alkanes) is 52. The second kappa shape index (κ2) is 67.7. The molecule has 0 N–H and O–H groups in total. The van der Waals surface area contributed by atoms with Gasteiger partial charge in [0, 0.05) is 12.8 Å². The Morgan fingerprint density at radius 3 is 0.929 bits per heavy atom. The Labute approximate surface area is 528 Å². The summed E-state index contributed by atoms with van der Waals surface area (Å²) in [5, 5.41) is 11.8. The maximum absolute atomic E-state index is 12.9. The lowest BCUT2D eigenvalue weighted by Crippen LogP contribution is -2.44. The van der Waals surface area contributed by atoms with Gasteiger partial charge in [0.05, 0.1) is 40.3 Å². The topological polar surface area (TPSA) is 111 Å². The van der Waals surface area contributed by atoms with Crippen LogP contribution in [0.1, 0.15) is 386 Å². The maximum atomic E-state index is 12.9. The van der Waals surface area contributed by atoms with E-state index in [9.17, 15) is 19.5 Å². The van der Waals surface area contributed by atoms with Gasteiger partial charge < -0.3 is 33.3 Å². The van der Waals surface area contributed by atoms with Gasteiger partial charge in [-0.15, -0.1) is 0 Å². The average Bonchev–Trinajstić information content (AvgIpc) is 3.48. The second-order valence-corrected chi connectivity index (χ2v) is 27.0. The van der Waals surface area contributed by atoms with Crippen molar-refractivity contribution < 1.29 is 42.9 Å². The molecule has 85 heavy (non-hydrogen) atoms. The van der Waals surface area contributed by atoms with Crippen molar-refractivity contribution in [1.29, 1.82) is 0 Å². The van der Waals surface area contributed by atoms with Crippen LogP contribution in [0.5, 0.6) is 0 Å². The maximum Gasteiger partial charge on any atom is 0.306 e. The molecule has 502 valence electrons. The number of rotatable bonds is 71. The molecule has 0 spiro atoms. The predicted molar refractivity (Wildman–Crippen MR) is 362 cm³/mol. The van der Waals surface area contributed by atoms with Crippen LogP contribution in [0.2, 0.25) is 0 Å². The van der Waals surface area contributed by atoms with Crippen molar-refractivity contribution in [1.82, 2.24) is 0 Å². The standard InChI is InChI=1S/C76H145NO8/c1-6-8-10-12-14-16-18-20-22-24-26-28-30-32-34-36-37-39-40-42-44-46-48-50-52-54-56-58-60-62-64-66-73(78)83-70-72(71-84-76(75(80)81)82-69-68-77(3,4)5)85-74(79)67-65-63-61-59-57-55-53-51-49-47-45-43-41-38-35-33-31-29-27-25-23-21-19-17-15-13-11-9-7-2/h19,21,25,27,72,76H,6-18,20,22-24,26,28-71H2,1-5H3/b21-19-,27-25-. The summed E-state index contributed by atoms with van der Waals surface area (Å²) < 4.78 is 22.9. The van der Waals surface area contributed by atoms with E-state index in [1.54, 1.807) is 0 Å². The van der Waals surface area contributed by atoms with Crippen LogP contribution in [-0.4, -0.2) is 82.3 Å².